The molecule has 0 fully saturated rings. The molecule has 0 saturated carbocycles. The summed E-state index contributed by atoms with van der Waals surface area (Å²) in [6.07, 6.45) is 5.75. The molecule has 1 aromatic heterocycles. The molecule has 0 amide bonds. The van der Waals surface area contributed by atoms with Crippen LogP contribution in [0.25, 0.3) is 0 Å². The largest absolute Gasteiger partial charge is 0.461 e. The number of furan rings is 1. The third-order valence-corrected chi connectivity index (χ3v) is 1.61. The summed E-state index contributed by atoms with van der Waals surface area (Å²) in [7, 11) is 0. The zero-order chi connectivity index (χ0) is 12.2. The smallest absolute Gasteiger partial charge is 0.186 e. The van der Waals surface area contributed by atoms with Crippen LogP contribution in [-0.4, -0.2) is 25.1 Å². The van der Waals surface area contributed by atoms with Crippen molar-refractivity contribution >= 4 is 25.1 Å². The average Bonchev–Trinajstić information content (AvgIpc) is 2.78. The summed E-state index contributed by atoms with van der Waals surface area (Å²) in [5.74, 6) is 0.0880. The maximum Gasteiger partial charge on any atom is 0.186 e. The molecule has 5 heteroatoms. The van der Waals surface area contributed by atoms with Gasteiger partial charge in [0, 0.05) is 12.8 Å². The van der Waals surface area contributed by atoms with E-state index in [4.69, 9.17) is 0 Å². The van der Waals surface area contributed by atoms with Crippen molar-refractivity contribution in [2.24, 2.45) is 0 Å². The van der Waals surface area contributed by atoms with Crippen LogP contribution >= 0.6 is 0 Å². The Balaban J connectivity index is 0.000000293. The predicted molar refractivity (Wildman–Crippen MR) is 55.5 cm³/mol. The van der Waals surface area contributed by atoms with E-state index in [-0.39, 0.29) is 5.76 Å². The maximum atomic E-state index is 10.0. The standard InChI is InChI=1S/C6H4O3.C5H8O2/c7-3-5-1-2-9-6(5)4-8;6-4-2-1-3-5-7/h1-4H;4-5H,1-3H2. The lowest BCUT2D eigenvalue weighted by Crippen LogP contribution is -1.81. The Morgan fingerprint density at radius 3 is 2.00 bits per heavy atom. The van der Waals surface area contributed by atoms with E-state index in [1.165, 1.54) is 12.3 Å². The molecule has 86 valence electrons. The molecule has 0 saturated heterocycles. The lowest BCUT2D eigenvalue weighted by molar-refractivity contribution is -0.108. The van der Waals surface area contributed by atoms with Crippen molar-refractivity contribution < 1.29 is 23.6 Å². The van der Waals surface area contributed by atoms with Crippen LogP contribution in [0.5, 0.6) is 0 Å². The molecular formula is C11H12O5. The van der Waals surface area contributed by atoms with E-state index >= 15 is 0 Å². The minimum absolute atomic E-state index is 0.0880. The molecule has 1 rings (SSSR count). The van der Waals surface area contributed by atoms with Gasteiger partial charge in [-0.15, -0.1) is 0 Å². The van der Waals surface area contributed by atoms with Gasteiger partial charge in [0.15, 0.2) is 18.3 Å². The molecule has 5 nitrogen and oxygen atoms in total. The van der Waals surface area contributed by atoms with Gasteiger partial charge in [0.25, 0.3) is 0 Å². The lowest BCUT2D eigenvalue weighted by Gasteiger charge is -1.78. The van der Waals surface area contributed by atoms with Gasteiger partial charge in [-0.2, -0.15) is 0 Å². The van der Waals surface area contributed by atoms with E-state index in [9.17, 15) is 19.2 Å². The SMILES string of the molecule is O=CCCCC=O.O=Cc1ccoc1C=O. The molecule has 1 heterocycles. The Morgan fingerprint density at radius 1 is 1.00 bits per heavy atom. The molecule has 0 spiro atoms. The van der Waals surface area contributed by atoms with Gasteiger partial charge in [-0.05, 0) is 12.5 Å². The summed E-state index contributed by atoms with van der Waals surface area (Å²) in [6, 6.07) is 1.44. The number of hydrogen-bond donors (Lipinski definition) is 0. The molecule has 0 aliphatic carbocycles. The van der Waals surface area contributed by atoms with E-state index in [0.29, 0.717) is 37.4 Å². The Hall–Kier alpha value is -2.04. The quantitative estimate of drug-likeness (QED) is 0.539. The van der Waals surface area contributed by atoms with Crippen molar-refractivity contribution in [3.63, 3.8) is 0 Å². The number of rotatable bonds is 6. The van der Waals surface area contributed by atoms with Crippen LogP contribution in [0.15, 0.2) is 16.7 Å². The summed E-state index contributed by atoms with van der Waals surface area (Å²) in [5.41, 5.74) is 0.296. The minimum Gasteiger partial charge on any atom is -0.461 e. The van der Waals surface area contributed by atoms with Gasteiger partial charge in [0.1, 0.15) is 12.6 Å². The second-order valence-corrected chi connectivity index (χ2v) is 2.74. The molecule has 0 aliphatic rings. The molecule has 0 aliphatic heterocycles. The fourth-order valence-electron chi connectivity index (χ4n) is 0.809. The summed E-state index contributed by atoms with van der Waals surface area (Å²) in [5, 5.41) is 0. The first-order chi connectivity index (χ1) is 7.79. The first-order valence-corrected chi connectivity index (χ1v) is 4.65. The highest BCUT2D eigenvalue weighted by Gasteiger charge is 2.00. The first-order valence-electron chi connectivity index (χ1n) is 4.65. The van der Waals surface area contributed by atoms with Gasteiger partial charge in [-0.1, -0.05) is 0 Å². The van der Waals surface area contributed by atoms with Gasteiger partial charge in [0.2, 0.25) is 0 Å². The Kier molecular flexibility index (Phi) is 8.30. The maximum absolute atomic E-state index is 10.0. The summed E-state index contributed by atoms with van der Waals surface area (Å²) in [6.45, 7) is 0. The zero-order valence-corrected chi connectivity index (χ0v) is 8.63. The molecular weight excluding hydrogens is 212 g/mol. The van der Waals surface area contributed by atoms with Crippen molar-refractivity contribution in [1.82, 2.24) is 0 Å². The first kappa shape index (κ1) is 14.0. The molecule has 0 unspecified atom stereocenters. The second-order valence-electron chi connectivity index (χ2n) is 2.74. The van der Waals surface area contributed by atoms with Gasteiger partial charge >= 0.3 is 0 Å². The van der Waals surface area contributed by atoms with Gasteiger partial charge < -0.3 is 14.0 Å². The van der Waals surface area contributed by atoms with Crippen LogP contribution in [0.1, 0.15) is 40.2 Å². The van der Waals surface area contributed by atoms with E-state index in [1.54, 1.807) is 0 Å². The van der Waals surface area contributed by atoms with Crippen LogP contribution in [-0.2, 0) is 9.59 Å². The topological polar surface area (TPSA) is 81.4 Å². The van der Waals surface area contributed by atoms with Crippen molar-refractivity contribution in [3.05, 3.63) is 23.7 Å². The molecule has 1 aromatic rings. The predicted octanol–water partition coefficient (Wildman–Crippen LogP) is 1.46. The van der Waals surface area contributed by atoms with Crippen molar-refractivity contribution in [1.29, 1.82) is 0 Å². The number of unbranched alkanes of at least 4 members (excludes halogenated alkanes) is 2. The normalized spacial score (nSPS) is 8.50. The van der Waals surface area contributed by atoms with E-state index in [2.05, 4.69) is 4.42 Å². The Labute approximate surface area is 92.4 Å². The minimum atomic E-state index is 0.0880. The fourth-order valence-corrected chi connectivity index (χ4v) is 0.809. The number of carbonyl (C=O) groups is 4. The number of carbonyl (C=O) groups excluding carboxylic acids is 4. The van der Waals surface area contributed by atoms with Crippen LogP contribution < -0.4 is 0 Å². The van der Waals surface area contributed by atoms with Gasteiger partial charge in [-0.3, -0.25) is 9.59 Å². The molecule has 0 N–H and O–H groups in total. The molecule has 0 bridgehead atoms. The highest BCUT2D eigenvalue weighted by atomic mass is 16.3. The number of hydrogen-bond acceptors (Lipinski definition) is 5. The highest BCUT2D eigenvalue weighted by Crippen LogP contribution is 2.03. The highest BCUT2D eigenvalue weighted by molar-refractivity contribution is 5.87. The monoisotopic (exact) mass is 224 g/mol. The Bertz CT molecular complexity index is 309. The number of aldehydes is 4. The van der Waals surface area contributed by atoms with Crippen LogP contribution in [0.4, 0.5) is 0 Å². The Morgan fingerprint density at radius 2 is 1.62 bits per heavy atom. The molecule has 0 radical (unpaired) electrons. The van der Waals surface area contributed by atoms with Crippen LogP contribution in [0.3, 0.4) is 0 Å². The van der Waals surface area contributed by atoms with Gasteiger partial charge in [-0.25, -0.2) is 0 Å². The van der Waals surface area contributed by atoms with Crippen LogP contribution in [0, 0.1) is 0 Å². The fraction of sp³-hybridized carbons (Fsp3) is 0.273. The second kappa shape index (κ2) is 9.51. The summed E-state index contributed by atoms with van der Waals surface area (Å²) in [4.78, 5) is 39.2. The van der Waals surface area contributed by atoms with E-state index < -0.39 is 0 Å². The summed E-state index contributed by atoms with van der Waals surface area (Å²) >= 11 is 0. The zero-order valence-electron chi connectivity index (χ0n) is 8.63. The van der Waals surface area contributed by atoms with Crippen molar-refractivity contribution in [2.45, 2.75) is 19.3 Å². The van der Waals surface area contributed by atoms with Crippen molar-refractivity contribution in [2.75, 3.05) is 0 Å². The lowest BCUT2D eigenvalue weighted by atomic mass is 10.3. The van der Waals surface area contributed by atoms with E-state index in [1.807, 2.05) is 0 Å². The van der Waals surface area contributed by atoms with Crippen LogP contribution in [0.2, 0.25) is 0 Å². The third kappa shape index (κ3) is 5.64. The van der Waals surface area contributed by atoms with E-state index in [0.717, 1.165) is 12.6 Å². The van der Waals surface area contributed by atoms with Crippen molar-refractivity contribution in [3.8, 4) is 0 Å². The molecule has 0 atom stereocenters. The molecule has 16 heavy (non-hydrogen) atoms. The average molecular weight is 224 g/mol. The third-order valence-electron chi connectivity index (χ3n) is 1.61. The van der Waals surface area contributed by atoms with Gasteiger partial charge in [0.05, 0.1) is 11.8 Å². The molecule has 0 aromatic carbocycles. The summed E-state index contributed by atoms with van der Waals surface area (Å²) < 4.78 is 4.61.